The van der Waals surface area contributed by atoms with Gasteiger partial charge in [0, 0.05) is 18.9 Å². The lowest BCUT2D eigenvalue weighted by molar-refractivity contribution is 0.00429. The van der Waals surface area contributed by atoms with Crippen LogP contribution < -0.4 is 5.32 Å². The highest BCUT2D eigenvalue weighted by molar-refractivity contribution is 4.84. The highest BCUT2D eigenvalue weighted by Gasteiger charge is 2.39. The molecule has 18 heavy (non-hydrogen) atoms. The number of alkyl halides is 2. The van der Waals surface area contributed by atoms with Gasteiger partial charge in [0.05, 0.1) is 0 Å². The molecule has 2 aliphatic rings. The lowest BCUT2D eigenvalue weighted by atomic mass is 9.92. The fourth-order valence-corrected chi connectivity index (χ4v) is 3.76. The van der Waals surface area contributed by atoms with Crippen LogP contribution >= 0.6 is 0 Å². The summed E-state index contributed by atoms with van der Waals surface area (Å²) in [5.41, 5.74) is 0. The van der Waals surface area contributed by atoms with Crippen molar-refractivity contribution in [2.24, 2.45) is 11.8 Å². The van der Waals surface area contributed by atoms with Crippen LogP contribution in [0, 0.1) is 11.8 Å². The molecule has 3 heteroatoms. The summed E-state index contributed by atoms with van der Waals surface area (Å²) in [7, 11) is 1.98. The molecule has 0 radical (unpaired) electrons. The van der Waals surface area contributed by atoms with Gasteiger partial charge in [-0.3, -0.25) is 0 Å². The van der Waals surface area contributed by atoms with Gasteiger partial charge in [-0.2, -0.15) is 0 Å². The Bertz CT molecular complexity index is 249. The van der Waals surface area contributed by atoms with E-state index in [1.807, 2.05) is 7.05 Å². The predicted molar refractivity (Wildman–Crippen MR) is 70.9 cm³/mol. The van der Waals surface area contributed by atoms with Crippen LogP contribution in [-0.4, -0.2) is 19.0 Å². The number of rotatable bonds is 6. The molecule has 2 atom stereocenters. The summed E-state index contributed by atoms with van der Waals surface area (Å²) in [6, 6.07) is 0.449. The zero-order chi connectivity index (χ0) is 13.0. The zero-order valence-corrected chi connectivity index (χ0v) is 11.6. The maximum Gasteiger partial charge on any atom is 0.248 e. The summed E-state index contributed by atoms with van der Waals surface area (Å²) in [5.74, 6) is -1.24. The average molecular weight is 259 g/mol. The summed E-state index contributed by atoms with van der Waals surface area (Å²) in [6.45, 7) is 0. The van der Waals surface area contributed by atoms with Crippen molar-refractivity contribution >= 4 is 0 Å². The summed E-state index contributed by atoms with van der Waals surface area (Å²) >= 11 is 0. The Morgan fingerprint density at radius 3 is 2.44 bits per heavy atom. The maximum absolute atomic E-state index is 13.2. The third kappa shape index (κ3) is 4.18. The second-order valence-corrected chi connectivity index (χ2v) is 6.41. The summed E-state index contributed by atoms with van der Waals surface area (Å²) < 4.78 is 26.3. The normalized spacial score (nSPS) is 29.8. The van der Waals surface area contributed by atoms with Crippen LogP contribution in [0.1, 0.15) is 64.2 Å². The van der Waals surface area contributed by atoms with Crippen molar-refractivity contribution in [3.8, 4) is 0 Å². The number of hydrogen-bond donors (Lipinski definition) is 1. The first-order valence-corrected chi connectivity index (χ1v) is 7.64. The van der Waals surface area contributed by atoms with Gasteiger partial charge in [-0.1, -0.05) is 25.7 Å². The highest BCUT2D eigenvalue weighted by Crippen LogP contribution is 2.41. The quantitative estimate of drug-likeness (QED) is 0.747. The Morgan fingerprint density at radius 1 is 1.17 bits per heavy atom. The van der Waals surface area contributed by atoms with Crippen LogP contribution in [-0.2, 0) is 0 Å². The minimum absolute atomic E-state index is 0.108. The van der Waals surface area contributed by atoms with Crippen molar-refractivity contribution in [2.75, 3.05) is 7.05 Å². The Morgan fingerprint density at radius 2 is 1.89 bits per heavy atom. The van der Waals surface area contributed by atoms with Crippen LogP contribution in [0.25, 0.3) is 0 Å². The van der Waals surface area contributed by atoms with Gasteiger partial charge >= 0.3 is 0 Å². The van der Waals surface area contributed by atoms with E-state index in [-0.39, 0.29) is 18.8 Å². The first kappa shape index (κ1) is 14.2. The van der Waals surface area contributed by atoms with Gasteiger partial charge in [0.15, 0.2) is 0 Å². The molecule has 0 spiro atoms. The second kappa shape index (κ2) is 6.31. The summed E-state index contributed by atoms with van der Waals surface area (Å²) in [4.78, 5) is 0. The minimum atomic E-state index is -2.38. The molecule has 0 amide bonds. The molecule has 106 valence electrons. The molecule has 2 rings (SSSR count). The van der Waals surface area contributed by atoms with E-state index in [0.717, 1.165) is 12.3 Å². The van der Waals surface area contributed by atoms with Crippen molar-refractivity contribution in [3.05, 3.63) is 0 Å². The monoisotopic (exact) mass is 259 g/mol. The van der Waals surface area contributed by atoms with Crippen LogP contribution in [0.15, 0.2) is 0 Å². The molecule has 0 aromatic carbocycles. The molecule has 2 aliphatic carbocycles. The highest BCUT2D eigenvalue weighted by atomic mass is 19.3. The largest absolute Gasteiger partial charge is 0.317 e. The Labute approximate surface area is 110 Å². The molecule has 1 N–H and O–H groups in total. The number of hydrogen-bond acceptors (Lipinski definition) is 1. The van der Waals surface area contributed by atoms with Crippen molar-refractivity contribution in [2.45, 2.75) is 76.2 Å². The van der Waals surface area contributed by atoms with Gasteiger partial charge in [0.1, 0.15) is 0 Å². The molecule has 0 heterocycles. The molecule has 0 aromatic rings. The third-order valence-corrected chi connectivity index (χ3v) is 4.93. The topological polar surface area (TPSA) is 12.0 Å². The van der Waals surface area contributed by atoms with E-state index in [2.05, 4.69) is 5.32 Å². The molecule has 0 saturated heterocycles. The fourth-order valence-electron chi connectivity index (χ4n) is 3.76. The molecule has 1 nitrogen and oxygen atoms in total. The fraction of sp³-hybridized carbons (Fsp3) is 1.00. The van der Waals surface area contributed by atoms with Crippen LogP contribution in [0.4, 0.5) is 8.78 Å². The van der Waals surface area contributed by atoms with Crippen molar-refractivity contribution in [1.29, 1.82) is 0 Å². The Balaban J connectivity index is 1.68. The first-order valence-electron chi connectivity index (χ1n) is 7.64. The minimum Gasteiger partial charge on any atom is -0.317 e. The smallest absolute Gasteiger partial charge is 0.248 e. The van der Waals surface area contributed by atoms with Gasteiger partial charge in [0.2, 0.25) is 5.92 Å². The van der Waals surface area contributed by atoms with Gasteiger partial charge in [-0.25, -0.2) is 8.78 Å². The van der Waals surface area contributed by atoms with Crippen LogP contribution in [0.3, 0.4) is 0 Å². The second-order valence-electron chi connectivity index (χ2n) is 6.41. The van der Waals surface area contributed by atoms with E-state index in [1.165, 1.54) is 38.5 Å². The van der Waals surface area contributed by atoms with Crippen molar-refractivity contribution < 1.29 is 8.78 Å². The molecule has 0 bridgehead atoms. The molecule has 0 aliphatic heterocycles. The molecule has 2 fully saturated rings. The average Bonchev–Trinajstić information content (AvgIpc) is 2.94. The lowest BCUT2D eigenvalue weighted by Gasteiger charge is -2.21. The van der Waals surface area contributed by atoms with Crippen LogP contribution in [0.2, 0.25) is 0 Å². The van der Waals surface area contributed by atoms with Gasteiger partial charge in [-0.05, 0) is 44.6 Å². The molecular weight excluding hydrogens is 232 g/mol. The molecule has 2 saturated carbocycles. The van der Waals surface area contributed by atoms with Crippen molar-refractivity contribution in [3.63, 3.8) is 0 Å². The van der Waals surface area contributed by atoms with E-state index in [0.29, 0.717) is 12.5 Å². The SMILES string of the molecule is CNC(CCC1CCCC1)CC1CCC(F)(F)C1. The van der Waals surface area contributed by atoms with Gasteiger partial charge in [-0.15, -0.1) is 0 Å². The maximum atomic E-state index is 13.2. The Kier molecular flexibility index (Phi) is 4.99. The molecule has 2 unspecified atom stereocenters. The molecule has 0 aromatic heterocycles. The number of nitrogens with one attached hydrogen (secondary N) is 1. The Hall–Kier alpha value is -0.180. The summed E-state index contributed by atoms with van der Waals surface area (Å²) in [6.07, 6.45) is 9.90. The van der Waals surface area contributed by atoms with Crippen molar-refractivity contribution in [1.82, 2.24) is 5.32 Å². The molecular formula is C15H27F2N. The van der Waals surface area contributed by atoms with E-state index in [9.17, 15) is 8.78 Å². The summed E-state index contributed by atoms with van der Waals surface area (Å²) in [5, 5.41) is 3.34. The first-order chi connectivity index (χ1) is 8.59. The predicted octanol–water partition coefficient (Wildman–Crippen LogP) is 4.37. The zero-order valence-electron chi connectivity index (χ0n) is 11.6. The standard InChI is InChI=1S/C15H27F2N/c1-18-14(7-6-12-4-2-3-5-12)10-13-8-9-15(16,17)11-13/h12-14,18H,2-11H2,1H3. The number of halogens is 2. The lowest BCUT2D eigenvalue weighted by Crippen LogP contribution is -2.28. The van der Waals surface area contributed by atoms with E-state index in [4.69, 9.17) is 0 Å². The van der Waals surface area contributed by atoms with E-state index in [1.54, 1.807) is 0 Å². The van der Waals surface area contributed by atoms with E-state index < -0.39 is 5.92 Å². The third-order valence-electron chi connectivity index (χ3n) is 4.93. The van der Waals surface area contributed by atoms with Gasteiger partial charge in [0.25, 0.3) is 0 Å². The van der Waals surface area contributed by atoms with E-state index >= 15 is 0 Å². The van der Waals surface area contributed by atoms with Crippen LogP contribution in [0.5, 0.6) is 0 Å². The van der Waals surface area contributed by atoms with Gasteiger partial charge < -0.3 is 5.32 Å².